The second-order valence-corrected chi connectivity index (χ2v) is 6.49. The van der Waals surface area contributed by atoms with Gasteiger partial charge in [-0.1, -0.05) is 0 Å². The van der Waals surface area contributed by atoms with Gasteiger partial charge in [0, 0.05) is 25.1 Å². The summed E-state index contributed by atoms with van der Waals surface area (Å²) in [4.78, 5) is 32.7. The molecule has 22 heavy (non-hydrogen) atoms. The second-order valence-electron chi connectivity index (χ2n) is 4.64. The van der Waals surface area contributed by atoms with E-state index in [2.05, 4.69) is 0 Å². The smallest absolute Gasteiger partial charge is 0.278 e. The van der Waals surface area contributed by atoms with Crippen LogP contribution in [0.15, 0.2) is 18.2 Å². The number of carbonyl (C=O) groups is 1. The number of sulfonamides is 1. The summed E-state index contributed by atoms with van der Waals surface area (Å²) in [5, 5.41) is 25.4. The number of primary sulfonamides is 1. The van der Waals surface area contributed by atoms with Gasteiger partial charge in [0.25, 0.3) is 11.4 Å². The second kappa shape index (κ2) is 5.31. The molecular formula is C10H10N4O7S. The van der Waals surface area contributed by atoms with Crippen LogP contribution < -0.4 is 10.0 Å². The van der Waals surface area contributed by atoms with Gasteiger partial charge < -0.3 is 4.90 Å². The fourth-order valence-corrected chi connectivity index (χ4v) is 2.82. The van der Waals surface area contributed by atoms with Gasteiger partial charge in [0.05, 0.1) is 21.6 Å². The van der Waals surface area contributed by atoms with Crippen LogP contribution in [0, 0.1) is 20.2 Å². The van der Waals surface area contributed by atoms with E-state index in [9.17, 15) is 33.4 Å². The molecule has 0 radical (unpaired) electrons. The topological polar surface area (TPSA) is 167 Å². The largest absolute Gasteiger partial charge is 0.311 e. The summed E-state index contributed by atoms with van der Waals surface area (Å²) in [5.41, 5.74) is -1.26. The van der Waals surface area contributed by atoms with E-state index in [-0.39, 0.29) is 18.7 Å². The molecule has 0 aromatic heterocycles. The van der Waals surface area contributed by atoms with E-state index in [1.54, 1.807) is 0 Å². The lowest BCUT2D eigenvalue weighted by molar-refractivity contribution is -0.394. The minimum Gasteiger partial charge on any atom is -0.311 e. The van der Waals surface area contributed by atoms with Gasteiger partial charge in [0.1, 0.15) is 5.25 Å². The number of nitrogens with zero attached hydrogens (tertiary/aromatic N) is 3. The summed E-state index contributed by atoms with van der Waals surface area (Å²) in [6, 6.07) is 2.69. The lowest BCUT2D eigenvalue weighted by Gasteiger charge is -2.15. The third-order valence-corrected chi connectivity index (χ3v) is 4.42. The van der Waals surface area contributed by atoms with Crippen molar-refractivity contribution in [3.63, 3.8) is 0 Å². The predicted molar refractivity (Wildman–Crippen MR) is 73.6 cm³/mol. The molecule has 1 aromatic carbocycles. The Morgan fingerprint density at radius 2 is 1.64 bits per heavy atom. The average molecular weight is 330 g/mol. The third kappa shape index (κ3) is 3.01. The standard InChI is InChI=1S/C10H10N4O7S/c11-22(20,21)9-4-10(15)12(5-9)6-1-7(13(16)17)3-8(2-6)14(18)19/h1-3,9H,4-5H2,(H2,11,20,21). The van der Waals surface area contributed by atoms with E-state index in [0.29, 0.717) is 0 Å². The maximum atomic E-state index is 11.9. The maximum absolute atomic E-state index is 11.9. The van der Waals surface area contributed by atoms with E-state index >= 15 is 0 Å². The number of hydrogen-bond donors (Lipinski definition) is 1. The van der Waals surface area contributed by atoms with Crippen LogP contribution in [0.3, 0.4) is 0 Å². The Morgan fingerprint density at radius 1 is 1.14 bits per heavy atom. The molecule has 118 valence electrons. The van der Waals surface area contributed by atoms with Crippen molar-refractivity contribution in [2.45, 2.75) is 11.7 Å². The molecule has 1 aliphatic heterocycles. The van der Waals surface area contributed by atoms with E-state index in [1.165, 1.54) is 0 Å². The SMILES string of the molecule is NS(=O)(=O)C1CC(=O)N(c2cc([N+](=O)[O-])cc([N+](=O)[O-])c2)C1. The zero-order chi connectivity index (χ0) is 16.7. The monoisotopic (exact) mass is 330 g/mol. The zero-order valence-corrected chi connectivity index (χ0v) is 11.7. The highest BCUT2D eigenvalue weighted by atomic mass is 32.2. The number of carbonyl (C=O) groups excluding carboxylic acids is 1. The summed E-state index contributed by atoms with van der Waals surface area (Å²) >= 11 is 0. The molecule has 1 saturated heterocycles. The van der Waals surface area contributed by atoms with Gasteiger partial charge in [0.2, 0.25) is 15.9 Å². The summed E-state index contributed by atoms with van der Waals surface area (Å²) < 4.78 is 22.6. The zero-order valence-electron chi connectivity index (χ0n) is 10.9. The van der Waals surface area contributed by atoms with Gasteiger partial charge in [0.15, 0.2) is 0 Å². The van der Waals surface area contributed by atoms with Crippen molar-refractivity contribution in [3.8, 4) is 0 Å². The fraction of sp³-hybridized carbons (Fsp3) is 0.300. The van der Waals surface area contributed by atoms with Gasteiger partial charge >= 0.3 is 0 Å². The Hall–Kier alpha value is -2.60. The number of benzene rings is 1. The minimum absolute atomic E-state index is 0.114. The highest BCUT2D eigenvalue weighted by Crippen LogP contribution is 2.31. The number of rotatable bonds is 4. The number of nitro groups is 2. The van der Waals surface area contributed by atoms with Crippen LogP contribution >= 0.6 is 0 Å². The van der Waals surface area contributed by atoms with Gasteiger partial charge in [-0.3, -0.25) is 25.0 Å². The van der Waals surface area contributed by atoms with E-state index in [1.807, 2.05) is 0 Å². The normalized spacial score (nSPS) is 18.5. The van der Waals surface area contributed by atoms with Crippen LogP contribution in [0.1, 0.15) is 6.42 Å². The fourth-order valence-electron chi connectivity index (χ4n) is 2.09. The first-order valence-corrected chi connectivity index (χ1v) is 7.46. The molecule has 11 nitrogen and oxygen atoms in total. The highest BCUT2D eigenvalue weighted by molar-refractivity contribution is 7.89. The molecule has 1 unspecified atom stereocenters. The van der Waals surface area contributed by atoms with Crippen LogP contribution in [-0.2, 0) is 14.8 Å². The first-order valence-electron chi connectivity index (χ1n) is 5.85. The van der Waals surface area contributed by atoms with Crippen molar-refractivity contribution in [1.29, 1.82) is 0 Å². The third-order valence-electron chi connectivity index (χ3n) is 3.17. The molecule has 2 rings (SSSR count). The van der Waals surface area contributed by atoms with Crippen molar-refractivity contribution in [1.82, 2.24) is 0 Å². The lowest BCUT2D eigenvalue weighted by Crippen LogP contribution is -2.32. The molecule has 0 spiro atoms. The number of non-ortho nitro benzene ring substituents is 2. The van der Waals surface area contributed by atoms with Crippen LogP contribution in [0.2, 0.25) is 0 Å². The van der Waals surface area contributed by atoms with Crippen LogP contribution in [0.4, 0.5) is 17.1 Å². The van der Waals surface area contributed by atoms with Gasteiger partial charge in [-0.15, -0.1) is 0 Å². The van der Waals surface area contributed by atoms with Gasteiger partial charge in [-0.05, 0) is 0 Å². The molecule has 0 bridgehead atoms. The molecule has 2 N–H and O–H groups in total. The summed E-state index contributed by atoms with van der Waals surface area (Å²) in [6.07, 6.45) is -0.380. The van der Waals surface area contributed by atoms with Gasteiger partial charge in [-0.25, -0.2) is 13.6 Å². The Morgan fingerprint density at radius 3 is 2.00 bits per heavy atom. The van der Waals surface area contributed by atoms with Crippen molar-refractivity contribution >= 4 is 33.0 Å². The molecule has 12 heteroatoms. The maximum Gasteiger partial charge on any atom is 0.278 e. The number of nitro benzene ring substituents is 2. The molecule has 0 aliphatic carbocycles. The van der Waals surface area contributed by atoms with Gasteiger partial charge in [-0.2, -0.15) is 0 Å². The molecule has 0 saturated carbocycles. The molecule has 1 fully saturated rings. The summed E-state index contributed by atoms with van der Waals surface area (Å²) in [5.74, 6) is -0.631. The first-order chi connectivity index (χ1) is 10.1. The number of amides is 1. The molecule has 1 aliphatic rings. The average Bonchev–Trinajstić information content (AvgIpc) is 2.80. The number of anilines is 1. The molecule has 1 atom stereocenters. The van der Waals surface area contributed by atoms with E-state index in [4.69, 9.17) is 5.14 Å². The van der Waals surface area contributed by atoms with E-state index < -0.39 is 42.4 Å². The number of nitrogens with two attached hydrogens (primary N) is 1. The molecule has 1 heterocycles. The quantitative estimate of drug-likeness (QED) is 0.593. The Labute approximate surface area is 123 Å². The van der Waals surface area contributed by atoms with Crippen LogP contribution in [0.5, 0.6) is 0 Å². The first kappa shape index (κ1) is 15.8. The minimum atomic E-state index is -3.96. The Kier molecular flexibility index (Phi) is 3.81. The van der Waals surface area contributed by atoms with Crippen molar-refractivity contribution in [2.75, 3.05) is 11.4 Å². The van der Waals surface area contributed by atoms with Crippen molar-refractivity contribution in [3.05, 3.63) is 38.4 Å². The lowest BCUT2D eigenvalue weighted by atomic mass is 10.2. The molecule has 1 aromatic rings. The molecule has 1 amide bonds. The predicted octanol–water partition coefficient (Wildman–Crippen LogP) is -0.103. The van der Waals surface area contributed by atoms with Crippen LogP contribution in [0.25, 0.3) is 0 Å². The highest BCUT2D eigenvalue weighted by Gasteiger charge is 2.38. The van der Waals surface area contributed by atoms with Crippen LogP contribution in [-0.4, -0.2) is 36.0 Å². The summed E-state index contributed by atoms with van der Waals surface area (Å²) in [7, 11) is -3.96. The Bertz CT molecular complexity index is 743. The Balaban J connectivity index is 2.46. The molecular weight excluding hydrogens is 320 g/mol. The van der Waals surface area contributed by atoms with Crippen molar-refractivity contribution in [2.24, 2.45) is 5.14 Å². The van der Waals surface area contributed by atoms with E-state index in [0.717, 1.165) is 23.1 Å². The summed E-state index contributed by atoms with van der Waals surface area (Å²) in [6.45, 7) is -0.310. The number of hydrogen-bond acceptors (Lipinski definition) is 7. The van der Waals surface area contributed by atoms with Crippen molar-refractivity contribution < 1.29 is 23.1 Å².